The fraction of sp³-hybridized carbons (Fsp3) is 0.444. The molecule has 0 saturated heterocycles. The van der Waals surface area contributed by atoms with Crippen LogP contribution < -0.4 is 5.32 Å². The third-order valence-corrected chi connectivity index (χ3v) is 3.67. The Morgan fingerprint density at radius 1 is 1.30 bits per heavy atom. The topological polar surface area (TPSA) is 64.4 Å². The van der Waals surface area contributed by atoms with E-state index in [-0.39, 0.29) is 12.3 Å². The maximum Gasteiger partial charge on any atom is 0.226 e. The number of nitrogens with one attached hydrogen (secondary N) is 1. The van der Waals surface area contributed by atoms with Gasteiger partial charge in [-0.15, -0.1) is 0 Å². The summed E-state index contributed by atoms with van der Waals surface area (Å²) in [5.41, 5.74) is 2.86. The molecule has 5 heteroatoms. The van der Waals surface area contributed by atoms with E-state index in [1.807, 2.05) is 19.1 Å². The number of hydrogen-bond donors (Lipinski definition) is 1. The van der Waals surface area contributed by atoms with Gasteiger partial charge in [0.15, 0.2) is 0 Å². The van der Waals surface area contributed by atoms with Crippen molar-refractivity contribution in [2.24, 2.45) is 0 Å². The molecule has 5 nitrogen and oxygen atoms in total. The quantitative estimate of drug-likeness (QED) is 0.797. The normalized spacial score (nSPS) is 11.0. The average Bonchev–Trinajstić information content (AvgIpc) is 2.88. The highest BCUT2D eigenvalue weighted by atomic mass is 16.5. The van der Waals surface area contributed by atoms with Crippen molar-refractivity contribution in [3.05, 3.63) is 41.3 Å². The predicted molar refractivity (Wildman–Crippen MR) is 89.4 cm³/mol. The van der Waals surface area contributed by atoms with Gasteiger partial charge in [-0.2, -0.15) is 0 Å². The minimum Gasteiger partial charge on any atom is -0.441 e. The number of rotatable bonds is 7. The van der Waals surface area contributed by atoms with Gasteiger partial charge in [0.1, 0.15) is 5.76 Å². The molecule has 0 fully saturated rings. The molecule has 23 heavy (non-hydrogen) atoms. The number of methoxy groups -OCH3 is 1. The van der Waals surface area contributed by atoms with Gasteiger partial charge >= 0.3 is 0 Å². The van der Waals surface area contributed by atoms with Crippen LogP contribution in [0.3, 0.4) is 0 Å². The number of aryl methyl sites for hydroxylation is 1. The molecular weight excluding hydrogens is 292 g/mol. The smallest absolute Gasteiger partial charge is 0.226 e. The maximum absolute atomic E-state index is 11.9. The Hall–Kier alpha value is -2.14. The van der Waals surface area contributed by atoms with Crippen LogP contribution in [-0.2, 0) is 16.0 Å². The Morgan fingerprint density at radius 3 is 2.61 bits per heavy atom. The second kappa shape index (κ2) is 7.92. The molecule has 0 atom stereocenters. The lowest BCUT2D eigenvalue weighted by molar-refractivity contribution is -0.120. The van der Waals surface area contributed by atoms with E-state index in [0.717, 1.165) is 5.56 Å². The Labute approximate surface area is 137 Å². The van der Waals surface area contributed by atoms with Crippen LogP contribution in [0.1, 0.15) is 36.8 Å². The second-order valence-corrected chi connectivity index (χ2v) is 5.82. The molecule has 2 aromatic rings. The molecule has 0 aliphatic heterocycles. The van der Waals surface area contributed by atoms with Gasteiger partial charge in [-0.3, -0.25) is 4.79 Å². The highest BCUT2D eigenvalue weighted by Gasteiger charge is 2.14. The minimum atomic E-state index is -0.0832. The van der Waals surface area contributed by atoms with E-state index in [9.17, 15) is 4.79 Å². The lowest BCUT2D eigenvalue weighted by Crippen LogP contribution is -2.28. The van der Waals surface area contributed by atoms with Crippen LogP contribution >= 0.6 is 0 Å². The zero-order chi connectivity index (χ0) is 16.8. The zero-order valence-electron chi connectivity index (χ0n) is 14.2. The number of amides is 1. The monoisotopic (exact) mass is 316 g/mol. The number of nitrogens with zero attached hydrogens (tertiary/aromatic N) is 1. The van der Waals surface area contributed by atoms with Crippen molar-refractivity contribution in [1.29, 1.82) is 0 Å². The molecule has 1 amide bonds. The standard InChI is InChI=1S/C18H24N2O3/c1-12(2)14-5-7-15(8-6-14)18-20-16(13(3)23-18)11-17(21)19-9-10-22-4/h5-8,12H,9-11H2,1-4H3,(H,19,21). The Balaban J connectivity index is 2.06. The molecule has 1 N–H and O–H groups in total. The molecule has 0 spiro atoms. The summed E-state index contributed by atoms with van der Waals surface area (Å²) in [6, 6.07) is 8.17. The van der Waals surface area contributed by atoms with Crippen LogP contribution in [0.2, 0.25) is 0 Å². The van der Waals surface area contributed by atoms with Gasteiger partial charge in [0.2, 0.25) is 11.8 Å². The Bertz CT molecular complexity index is 645. The molecule has 1 heterocycles. The average molecular weight is 316 g/mol. The van der Waals surface area contributed by atoms with Crippen molar-refractivity contribution in [3.8, 4) is 11.5 Å². The van der Waals surface area contributed by atoms with Gasteiger partial charge in [-0.1, -0.05) is 26.0 Å². The number of ether oxygens (including phenoxy) is 1. The summed E-state index contributed by atoms with van der Waals surface area (Å²) in [4.78, 5) is 16.3. The van der Waals surface area contributed by atoms with E-state index in [1.54, 1.807) is 7.11 Å². The maximum atomic E-state index is 11.9. The van der Waals surface area contributed by atoms with Crippen molar-refractivity contribution in [1.82, 2.24) is 10.3 Å². The van der Waals surface area contributed by atoms with Gasteiger partial charge in [0, 0.05) is 19.2 Å². The van der Waals surface area contributed by atoms with Crippen molar-refractivity contribution >= 4 is 5.91 Å². The van der Waals surface area contributed by atoms with Crippen LogP contribution in [-0.4, -0.2) is 31.2 Å². The summed E-state index contributed by atoms with van der Waals surface area (Å²) in [6.07, 6.45) is 0.211. The van der Waals surface area contributed by atoms with Crippen molar-refractivity contribution < 1.29 is 13.9 Å². The van der Waals surface area contributed by atoms with E-state index >= 15 is 0 Å². The molecule has 2 rings (SSSR count). The molecule has 0 radical (unpaired) electrons. The van der Waals surface area contributed by atoms with Crippen LogP contribution in [0.15, 0.2) is 28.7 Å². The van der Waals surface area contributed by atoms with Crippen molar-refractivity contribution in [2.45, 2.75) is 33.1 Å². The third kappa shape index (κ3) is 4.66. The molecule has 124 valence electrons. The summed E-state index contributed by atoms with van der Waals surface area (Å²) >= 11 is 0. The van der Waals surface area contributed by atoms with Gasteiger partial charge in [0.25, 0.3) is 0 Å². The number of hydrogen-bond acceptors (Lipinski definition) is 4. The summed E-state index contributed by atoms with van der Waals surface area (Å²) < 4.78 is 10.6. The highest BCUT2D eigenvalue weighted by Crippen LogP contribution is 2.24. The Kier molecular flexibility index (Phi) is 5.93. The second-order valence-electron chi connectivity index (χ2n) is 5.82. The van der Waals surface area contributed by atoms with Crippen molar-refractivity contribution in [3.63, 3.8) is 0 Å². The minimum absolute atomic E-state index is 0.0832. The first-order valence-electron chi connectivity index (χ1n) is 7.83. The van der Waals surface area contributed by atoms with E-state index in [4.69, 9.17) is 9.15 Å². The molecule has 1 aromatic carbocycles. The molecule has 0 aliphatic rings. The molecule has 0 aliphatic carbocycles. The lowest BCUT2D eigenvalue weighted by Gasteiger charge is -2.04. The van der Waals surface area contributed by atoms with E-state index < -0.39 is 0 Å². The fourth-order valence-corrected chi connectivity index (χ4v) is 2.23. The van der Waals surface area contributed by atoms with Gasteiger partial charge < -0.3 is 14.5 Å². The lowest BCUT2D eigenvalue weighted by atomic mass is 10.0. The van der Waals surface area contributed by atoms with E-state index in [2.05, 4.69) is 36.3 Å². The highest BCUT2D eigenvalue weighted by molar-refractivity contribution is 5.78. The van der Waals surface area contributed by atoms with Crippen molar-refractivity contribution in [2.75, 3.05) is 20.3 Å². The fourth-order valence-electron chi connectivity index (χ4n) is 2.23. The summed E-state index contributed by atoms with van der Waals surface area (Å²) in [5.74, 6) is 1.63. The van der Waals surface area contributed by atoms with Gasteiger partial charge in [-0.05, 0) is 30.5 Å². The largest absolute Gasteiger partial charge is 0.441 e. The zero-order valence-corrected chi connectivity index (χ0v) is 14.2. The Morgan fingerprint density at radius 2 is 2.00 bits per heavy atom. The first kappa shape index (κ1) is 17.2. The first-order valence-corrected chi connectivity index (χ1v) is 7.83. The summed E-state index contributed by atoms with van der Waals surface area (Å²) in [5, 5.41) is 2.78. The summed E-state index contributed by atoms with van der Waals surface area (Å²) in [7, 11) is 1.60. The van der Waals surface area contributed by atoms with Crippen LogP contribution in [0.4, 0.5) is 0 Å². The number of carbonyl (C=O) groups is 1. The van der Waals surface area contributed by atoms with Gasteiger partial charge in [0.05, 0.1) is 18.7 Å². The van der Waals surface area contributed by atoms with Gasteiger partial charge in [-0.25, -0.2) is 4.98 Å². The molecule has 0 bridgehead atoms. The number of carbonyl (C=O) groups excluding carboxylic acids is 1. The van der Waals surface area contributed by atoms with Crippen LogP contribution in [0.25, 0.3) is 11.5 Å². The SMILES string of the molecule is COCCNC(=O)Cc1nc(-c2ccc(C(C)C)cc2)oc1C. The number of oxazole rings is 1. The van der Waals surface area contributed by atoms with Crippen LogP contribution in [0, 0.1) is 6.92 Å². The summed E-state index contributed by atoms with van der Waals surface area (Å²) in [6.45, 7) is 7.14. The molecule has 1 aromatic heterocycles. The predicted octanol–water partition coefficient (Wildman–Crippen LogP) is 3.08. The van der Waals surface area contributed by atoms with E-state index in [0.29, 0.717) is 36.4 Å². The molecular formula is C18H24N2O3. The number of aromatic nitrogens is 1. The number of benzene rings is 1. The van der Waals surface area contributed by atoms with E-state index in [1.165, 1.54) is 5.56 Å². The molecule has 0 unspecified atom stereocenters. The van der Waals surface area contributed by atoms with Crippen LogP contribution in [0.5, 0.6) is 0 Å². The molecule has 0 saturated carbocycles. The third-order valence-electron chi connectivity index (χ3n) is 3.67. The first-order chi connectivity index (χ1) is 11.0.